The summed E-state index contributed by atoms with van der Waals surface area (Å²) in [4.78, 5) is 30.2. The molecule has 0 radical (unpaired) electrons. The van der Waals surface area contributed by atoms with Gasteiger partial charge in [0.05, 0.1) is 18.8 Å². The van der Waals surface area contributed by atoms with Crippen LogP contribution in [0.25, 0.3) is 0 Å². The molecule has 2 aromatic rings. The fraction of sp³-hybridized carbons (Fsp3) is 0.522. The van der Waals surface area contributed by atoms with Crippen molar-refractivity contribution in [3.8, 4) is 0 Å². The number of imidazole rings is 1. The van der Waals surface area contributed by atoms with E-state index in [9.17, 15) is 14.7 Å². The van der Waals surface area contributed by atoms with Crippen LogP contribution >= 0.6 is 15.9 Å². The number of morpholine rings is 1. The van der Waals surface area contributed by atoms with E-state index in [0.29, 0.717) is 55.8 Å². The topological polar surface area (TPSA) is 103 Å². The molecule has 1 aliphatic heterocycles. The van der Waals surface area contributed by atoms with Crippen LogP contribution in [0.5, 0.6) is 0 Å². The van der Waals surface area contributed by atoms with Gasteiger partial charge in [-0.3, -0.25) is 0 Å². The summed E-state index contributed by atoms with van der Waals surface area (Å²) in [5, 5.41) is 9.21. The average molecular weight is 522 g/mol. The Hall–Kier alpha value is -2.43. The first-order chi connectivity index (χ1) is 15.8. The SMILES string of the molecule is Cn1cc(Br)nc1C1(OCC(=O)O)CCC2(CC1)CN(C(=O)OCc1ccccc1)CCO2. The van der Waals surface area contributed by atoms with Gasteiger partial charge in [-0.1, -0.05) is 30.3 Å². The monoisotopic (exact) mass is 521 g/mol. The van der Waals surface area contributed by atoms with Crippen LogP contribution in [0.3, 0.4) is 0 Å². The van der Waals surface area contributed by atoms with Gasteiger partial charge in [0.25, 0.3) is 0 Å². The minimum absolute atomic E-state index is 0.226. The number of ether oxygens (including phenoxy) is 3. The highest BCUT2D eigenvalue weighted by Crippen LogP contribution is 2.46. The Bertz CT molecular complexity index is 987. The molecular formula is C23H28BrN3O6. The maximum atomic E-state index is 12.7. The largest absolute Gasteiger partial charge is 0.480 e. The van der Waals surface area contributed by atoms with Gasteiger partial charge in [0.1, 0.15) is 29.2 Å². The Balaban J connectivity index is 1.43. The molecule has 1 saturated heterocycles. The second-order valence-corrected chi connectivity index (χ2v) is 9.48. The minimum atomic E-state index is -1.02. The zero-order valence-corrected chi connectivity index (χ0v) is 20.1. The first-order valence-corrected chi connectivity index (χ1v) is 11.7. The number of amides is 1. The predicted molar refractivity (Wildman–Crippen MR) is 122 cm³/mol. The summed E-state index contributed by atoms with van der Waals surface area (Å²) in [6.07, 6.45) is 3.76. The minimum Gasteiger partial charge on any atom is -0.480 e. The Morgan fingerprint density at radius 1 is 1.21 bits per heavy atom. The molecule has 1 N–H and O–H groups in total. The molecule has 178 valence electrons. The zero-order valence-electron chi connectivity index (χ0n) is 18.5. The fourth-order valence-corrected chi connectivity index (χ4v) is 5.18. The first-order valence-electron chi connectivity index (χ1n) is 11.0. The smallest absolute Gasteiger partial charge is 0.410 e. The molecule has 0 bridgehead atoms. The lowest BCUT2D eigenvalue weighted by molar-refractivity contribution is -0.179. The molecule has 2 aliphatic rings. The van der Waals surface area contributed by atoms with Gasteiger partial charge in [-0.05, 0) is 47.2 Å². The van der Waals surface area contributed by atoms with Gasteiger partial charge in [0, 0.05) is 19.8 Å². The van der Waals surface area contributed by atoms with Gasteiger partial charge in [-0.25, -0.2) is 14.6 Å². The van der Waals surface area contributed by atoms with Crippen LogP contribution in [0.1, 0.15) is 37.1 Å². The summed E-state index contributed by atoms with van der Waals surface area (Å²) >= 11 is 3.39. The number of nitrogens with zero attached hydrogens (tertiary/aromatic N) is 3. The van der Waals surface area contributed by atoms with Gasteiger partial charge in [-0.15, -0.1) is 0 Å². The Kier molecular flexibility index (Phi) is 7.06. The molecule has 9 nitrogen and oxygen atoms in total. The van der Waals surface area contributed by atoms with E-state index >= 15 is 0 Å². The van der Waals surface area contributed by atoms with Gasteiger partial charge in [0.15, 0.2) is 0 Å². The predicted octanol–water partition coefficient (Wildman–Crippen LogP) is 3.46. The number of carboxylic acid groups (broad SMARTS) is 1. The maximum absolute atomic E-state index is 12.7. The van der Waals surface area contributed by atoms with E-state index in [1.165, 1.54) is 0 Å². The Labute approximate surface area is 200 Å². The van der Waals surface area contributed by atoms with Crippen LogP contribution < -0.4 is 0 Å². The van der Waals surface area contributed by atoms with Crippen molar-refractivity contribution in [1.82, 2.24) is 14.5 Å². The highest BCUT2D eigenvalue weighted by atomic mass is 79.9. The standard InChI is InChI=1S/C23H28BrN3O6/c1-26-13-18(24)25-20(26)23(33-15-19(28)29)9-7-22(8-10-23)16-27(11-12-32-22)21(30)31-14-17-5-3-2-4-6-17/h2-6,13H,7-12,14-16H2,1H3,(H,28,29). The van der Waals surface area contributed by atoms with Crippen molar-refractivity contribution in [2.45, 2.75) is 43.5 Å². The summed E-state index contributed by atoms with van der Waals surface area (Å²) in [6, 6.07) is 9.58. The summed E-state index contributed by atoms with van der Waals surface area (Å²) in [7, 11) is 1.87. The maximum Gasteiger partial charge on any atom is 0.410 e. The number of carboxylic acids is 1. The van der Waals surface area contributed by atoms with Crippen molar-refractivity contribution in [1.29, 1.82) is 0 Å². The number of halogens is 1. The molecule has 1 aliphatic carbocycles. The number of rotatable bonds is 6. The van der Waals surface area contributed by atoms with Gasteiger partial charge in [0.2, 0.25) is 0 Å². The van der Waals surface area contributed by atoms with Crippen molar-refractivity contribution in [2.24, 2.45) is 7.05 Å². The summed E-state index contributed by atoms with van der Waals surface area (Å²) < 4.78 is 20.2. The van der Waals surface area contributed by atoms with E-state index in [0.717, 1.165) is 5.56 Å². The molecule has 2 heterocycles. The highest BCUT2D eigenvalue weighted by Gasteiger charge is 2.50. The van der Waals surface area contributed by atoms with Crippen LogP contribution in [0.15, 0.2) is 41.1 Å². The average Bonchev–Trinajstić information content (AvgIpc) is 3.16. The van der Waals surface area contributed by atoms with Gasteiger partial charge < -0.3 is 28.8 Å². The van der Waals surface area contributed by atoms with E-state index in [1.54, 1.807) is 4.90 Å². The number of benzene rings is 1. The lowest BCUT2D eigenvalue weighted by Gasteiger charge is -2.49. The Morgan fingerprint density at radius 3 is 2.58 bits per heavy atom. The van der Waals surface area contributed by atoms with Crippen molar-refractivity contribution in [3.05, 3.63) is 52.5 Å². The van der Waals surface area contributed by atoms with E-state index in [-0.39, 0.29) is 12.7 Å². The molecule has 10 heteroatoms. The zero-order chi connectivity index (χ0) is 23.5. The van der Waals surface area contributed by atoms with Crippen LogP contribution in [0.2, 0.25) is 0 Å². The molecular weight excluding hydrogens is 494 g/mol. The number of hydrogen-bond acceptors (Lipinski definition) is 6. The molecule has 1 saturated carbocycles. The third kappa shape index (κ3) is 5.39. The molecule has 1 aromatic heterocycles. The lowest BCUT2D eigenvalue weighted by Crippen LogP contribution is -2.57. The normalized spacial score (nSPS) is 25.2. The van der Waals surface area contributed by atoms with Crippen LogP contribution in [-0.2, 0) is 38.3 Å². The molecule has 1 amide bonds. The fourth-order valence-electron chi connectivity index (χ4n) is 4.71. The summed E-state index contributed by atoms with van der Waals surface area (Å²) in [6.45, 7) is 1.15. The van der Waals surface area contributed by atoms with Crippen LogP contribution in [-0.4, -0.2) is 63.5 Å². The lowest BCUT2D eigenvalue weighted by atomic mass is 9.74. The van der Waals surface area contributed by atoms with E-state index in [4.69, 9.17) is 14.2 Å². The van der Waals surface area contributed by atoms with E-state index < -0.39 is 23.8 Å². The van der Waals surface area contributed by atoms with Crippen molar-refractivity contribution < 1.29 is 28.9 Å². The van der Waals surface area contributed by atoms with Crippen molar-refractivity contribution in [2.75, 3.05) is 26.3 Å². The van der Waals surface area contributed by atoms with Crippen molar-refractivity contribution >= 4 is 28.0 Å². The second kappa shape index (κ2) is 9.82. The molecule has 1 spiro atoms. The first kappa shape index (κ1) is 23.7. The highest BCUT2D eigenvalue weighted by molar-refractivity contribution is 9.10. The number of aromatic nitrogens is 2. The number of hydrogen-bond donors (Lipinski definition) is 1. The van der Waals surface area contributed by atoms with Crippen molar-refractivity contribution in [3.63, 3.8) is 0 Å². The number of carbonyl (C=O) groups is 2. The molecule has 0 unspecified atom stereocenters. The third-order valence-corrected chi connectivity index (χ3v) is 6.79. The molecule has 2 fully saturated rings. The number of carbonyl (C=O) groups excluding carboxylic acids is 1. The van der Waals surface area contributed by atoms with E-state index in [2.05, 4.69) is 20.9 Å². The second-order valence-electron chi connectivity index (χ2n) is 8.67. The summed E-state index contributed by atoms with van der Waals surface area (Å²) in [5.41, 5.74) is -0.403. The van der Waals surface area contributed by atoms with Gasteiger partial charge >= 0.3 is 12.1 Å². The third-order valence-electron chi connectivity index (χ3n) is 6.41. The van der Waals surface area contributed by atoms with Gasteiger partial charge in [-0.2, -0.15) is 0 Å². The van der Waals surface area contributed by atoms with E-state index in [1.807, 2.05) is 48.1 Å². The number of aryl methyl sites for hydroxylation is 1. The molecule has 0 atom stereocenters. The Morgan fingerprint density at radius 2 is 1.94 bits per heavy atom. The van der Waals surface area contributed by atoms with Crippen LogP contribution in [0.4, 0.5) is 4.79 Å². The molecule has 4 rings (SSSR count). The van der Waals surface area contributed by atoms with Crippen LogP contribution in [0, 0.1) is 0 Å². The quantitative estimate of drug-likeness (QED) is 0.620. The number of aliphatic carboxylic acids is 1. The molecule has 33 heavy (non-hydrogen) atoms. The molecule has 1 aromatic carbocycles. The summed E-state index contributed by atoms with van der Waals surface area (Å²) in [5.74, 6) is -0.343.